The van der Waals surface area contributed by atoms with Crippen LogP contribution in [-0.2, 0) is 6.42 Å². The van der Waals surface area contributed by atoms with Crippen LogP contribution in [0.4, 0.5) is 0 Å². The van der Waals surface area contributed by atoms with Crippen molar-refractivity contribution in [1.29, 1.82) is 0 Å². The zero-order valence-electron chi connectivity index (χ0n) is 12.5. The zero-order valence-corrected chi connectivity index (χ0v) is 12.5. The lowest BCUT2D eigenvalue weighted by atomic mass is 9.92. The van der Waals surface area contributed by atoms with Crippen molar-refractivity contribution < 1.29 is 9.47 Å². The molecule has 1 unspecified atom stereocenters. The molecule has 0 saturated carbocycles. The summed E-state index contributed by atoms with van der Waals surface area (Å²) in [6.07, 6.45) is 6.77. The van der Waals surface area contributed by atoms with Crippen molar-refractivity contribution in [3.63, 3.8) is 0 Å². The van der Waals surface area contributed by atoms with Crippen LogP contribution in [0.5, 0.6) is 11.5 Å². The van der Waals surface area contributed by atoms with E-state index in [4.69, 9.17) is 21.6 Å². The van der Waals surface area contributed by atoms with Gasteiger partial charge in [0, 0.05) is 25.0 Å². The third-order valence-electron chi connectivity index (χ3n) is 3.31. The summed E-state index contributed by atoms with van der Waals surface area (Å²) < 4.78 is 10.6. The van der Waals surface area contributed by atoms with Crippen molar-refractivity contribution in [1.82, 2.24) is 5.32 Å². The van der Waals surface area contributed by atoms with Crippen LogP contribution in [0.2, 0.25) is 0 Å². The van der Waals surface area contributed by atoms with Crippen LogP contribution in [0.1, 0.15) is 18.9 Å². The quantitative estimate of drug-likeness (QED) is 0.559. The summed E-state index contributed by atoms with van der Waals surface area (Å²) in [6, 6.07) is 5.92. The van der Waals surface area contributed by atoms with Crippen molar-refractivity contribution in [2.75, 3.05) is 27.3 Å². The van der Waals surface area contributed by atoms with Crippen LogP contribution in [0.3, 0.4) is 0 Å². The molecule has 110 valence electrons. The summed E-state index contributed by atoms with van der Waals surface area (Å²) >= 11 is 0. The molecule has 1 rings (SSSR count). The van der Waals surface area contributed by atoms with Crippen LogP contribution in [0.25, 0.3) is 0 Å². The van der Waals surface area contributed by atoms with Gasteiger partial charge in [0.05, 0.1) is 14.2 Å². The Kier molecular flexibility index (Phi) is 6.37. The molecule has 0 spiro atoms. The molecule has 0 heterocycles. The molecule has 0 bridgehead atoms. The van der Waals surface area contributed by atoms with E-state index >= 15 is 0 Å². The van der Waals surface area contributed by atoms with E-state index < -0.39 is 0 Å². The number of hydrogen-bond acceptors (Lipinski definition) is 4. The van der Waals surface area contributed by atoms with Crippen molar-refractivity contribution in [3.05, 3.63) is 23.8 Å². The van der Waals surface area contributed by atoms with Crippen molar-refractivity contribution in [2.24, 2.45) is 5.73 Å². The number of ether oxygens (including phenoxy) is 2. The molecule has 1 aromatic carbocycles. The molecule has 0 aliphatic rings. The summed E-state index contributed by atoms with van der Waals surface area (Å²) in [5.41, 5.74) is 6.85. The van der Waals surface area contributed by atoms with Gasteiger partial charge in [-0.25, -0.2) is 0 Å². The maximum absolute atomic E-state index is 5.89. The second-order valence-electron chi connectivity index (χ2n) is 5.01. The highest BCUT2D eigenvalue weighted by Crippen LogP contribution is 2.28. The Morgan fingerprint density at radius 3 is 2.55 bits per heavy atom. The van der Waals surface area contributed by atoms with Gasteiger partial charge in [-0.15, -0.1) is 12.3 Å². The second kappa shape index (κ2) is 7.78. The molecule has 0 aromatic heterocycles. The molecule has 0 aliphatic carbocycles. The molecule has 1 aromatic rings. The van der Waals surface area contributed by atoms with E-state index in [0.29, 0.717) is 13.0 Å². The monoisotopic (exact) mass is 276 g/mol. The van der Waals surface area contributed by atoms with Gasteiger partial charge in [-0.1, -0.05) is 6.07 Å². The lowest BCUT2D eigenvalue weighted by Gasteiger charge is -2.29. The molecule has 0 amide bonds. The molecular weight excluding hydrogens is 252 g/mol. The highest BCUT2D eigenvalue weighted by atomic mass is 16.5. The van der Waals surface area contributed by atoms with Gasteiger partial charge in [0.1, 0.15) is 0 Å². The van der Waals surface area contributed by atoms with Crippen LogP contribution in [0, 0.1) is 12.3 Å². The fraction of sp³-hybridized carbons (Fsp3) is 0.500. The fourth-order valence-electron chi connectivity index (χ4n) is 2.08. The first-order valence-electron chi connectivity index (χ1n) is 6.68. The van der Waals surface area contributed by atoms with E-state index in [9.17, 15) is 0 Å². The first-order valence-corrected chi connectivity index (χ1v) is 6.68. The molecule has 3 N–H and O–H groups in total. The number of methoxy groups -OCH3 is 2. The SMILES string of the molecule is C#CCCNC(C)(CN)Cc1ccc(OC)c(OC)c1. The largest absolute Gasteiger partial charge is 0.493 e. The van der Waals surface area contributed by atoms with Gasteiger partial charge >= 0.3 is 0 Å². The number of benzene rings is 1. The molecule has 0 aliphatic heterocycles. The molecule has 0 radical (unpaired) electrons. The molecule has 1 atom stereocenters. The third-order valence-corrected chi connectivity index (χ3v) is 3.31. The van der Waals surface area contributed by atoms with Crippen molar-refractivity contribution >= 4 is 0 Å². The average Bonchev–Trinajstić information content (AvgIpc) is 2.47. The maximum atomic E-state index is 5.89. The van der Waals surface area contributed by atoms with Gasteiger partial charge in [-0.05, 0) is 31.0 Å². The minimum atomic E-state index is -0.184. The molecule has 0 saturated heterocycles. The van der Waals surface area contributed by atoms with E-state index in [2.05, 4.69) is 18.2 Å². The smallest absolute Gasteiger partial charge is 0.160 e. The van der Waals surface area contributed by atoms with E-state index in [0.717, 1.165) is 30.0 Å². The molecular formula is C16H24N2O2. The summed E-state index contributed by atoms with van der Waals surface area (Å²) in [5.74, 6) is 4.08. The standard InChI is InChI=1S/C16H24N2O2/c1-5-6-9-18-16(2,12-17)11-13-7-8-14(19-3)15(10-13)20-4/h1,7-8,10,18H,6,9,11-12,17H2,2-4H3. The number of nitrogens with one attached hydrogen (secondary N) is 1. The Labute approximate surface area is 121 Å². The number of rotatable bonds is 8. The Morgan fingerprint density at radius 2 is 2.00 bits per heavy atom. The highest BCUT2D eigenvalue weighted by molar-refractivity contribution is 5.43. The first-order chi connectivity index (χ1) is 9.58. The molecule has 4 nitrogen and oxygen atoms in total. The Morgan fingerprint density at radius 1 is 1.30 bits per heavy atom. The van der Waals surface area contributed by atoms with Crippen molar-refractivity contribution in [3.8, 4) is 23.8 Å². The van der Waals surface area contributed by atoms with Crippen LogP contribution >= 0.6 is 0 Å². The van der Waals surface area contributed by atoms with E-state index in [1.807, 2.05) is 18.2 Å². The predicted octanol–water partition coefficient (Wildman–Crippen LogP) is 1.58. The zero-order chi connectivity index (χ0) is 15.0. The van der Waals surface area contributed by atoms with Crippen molar-refractivity contribution in [2.45, 2.75) is 25.3 Å². The summed E-state index contributed by atoms with van der Waals surface area (Å²) in [7, 11) is 3.26. The fourth-order valence-corrected chi connectivity index (χ4v) is 2.08. The molecule has 20 heavy (non-hydrogen) atoms. The number of hydrogen-bond donors (Lipinski definition) is 2. The van der Waals surface area contributed by atoms with Crippen LogP contribution in [0.15, 0.2) is 18.2 Å². The van der Waals surface area contributed by atoms with Gasteiger partial charge in [0.15, 0.2) is 11.5 Å². The lowest BCUT2D eigenvalue weighted by Crippen LogP contribution is -2.50. The maximum Gasteiger partial charge on any atom is 0.160 e. The van der Waals surface area contributed by atoms with E-state index in [1.165, 1.54) is 0 Å². The number of nitrogens with two attached hydrogens (primary N) is 1. The van der Waals surface area contributed by atoms with Gasteiger partial charge in [-0.3, -0.25) is 0 Å². The Bertz CT molecular complexity index is 468. The van der Waals surface area contributed by atoms with Gasteiger partial charge in [0.25, 0.3) is 0 Å². The summed E-state index contributed by atoms with van der Waals surface area (Å²) in [4.78, 5) is 0. The van der Waals surface area contributed by atoms with E-state index in [1.54, 1.807) is 14.2 Å². The van der Waals surface area contributed by atoms with Crippen LogP contribution < -0.4 is 20.5 Å². The van der Waals surface area contributed by atoms with Gasteiger partial charge in [0.2, 0.25) is 0 Å². The Hall–Kier alpha value is -1.70. The van der Waals surface area contributed by atoms with Crippen LogP contribution in [-0.4, -0.2) is 32.8 Å². The topological polar surface area (TPSA) is 56.5 Å². The number of terminal acetylenes is 1. The molecule has 4 heteroatoms. The summed E-state index contributed by atoms with van der Waals surface area (Å²) in [6.45, 7) is 3.39. The van der Waals surface area contributed by atoms with E-state index in [-0.39, 0.29) is 5.54 Å². The summed E-state index contributed by atoms with van der Waals surface area (Å²) in [5, 5.41) is 3.42. The predicted molar refractivity (Wildman–Crippen MR) is 82.2 cm³/mol. The van der Waals surface area contributed by atoms with Gasteiger partial charge in [-0.2, -0.15) is 0 Å². The normalized spacial score (nSPS) is 13.3. The first kappa shape index (κ1) is 16.4. The van der Waals surface area contributed by atoms with Gasteiger partial charge < -0.3 is 20.5 Å². The Balaban J connectivity index is 2.81. The average molecular weight is 276 g/mol. The minimum absolute atomic E-state index is 0.184. The molecule has 0 fully saturated rings. The second-order valence-corrected chi connectivity index (χ2v) is 5.01. The highest BCUT2D eigenvalue weighted by Gasteiger charge is 2.22. The lowest BCUT2D eigenvalue weighted by molar-refractivity contribution is 0.350. The third kappa shape index (κ3) is 4.44. The minimum Gasteiger partial charge on any atom is -0.493 e.